The van der Waals surface area contributed by atoms with Crippen LogP contribution in [0.1, 0.15) is 11.1 Å². The van der Waals surface area contributed by atoms with Gasteiger partial charge in [0, 0.05) is 24.3 Å². The maximum absolute atomic E-state index is 10.5. The quantitative estimate of drug-likeness (QED) is 0.481. The minimum atomic E-state index is -0.455. The number of non-ortho nitro benzene ring substituents is 2. The zero-order valence-electron chi connectivity index (χ0n) is 10.3. The van der Waals surface area contributed by atoms with Crippen LogP contribution in [-0.2, 0) is 0 Å². The summed E-state index contributed by atoms with van der Waals surface area (Å²) in [6.07, 6.45) is 3.57. The fourth-order valence-electron chi connectivity index (χ4n) is 1.61. The average Bonchev–Trinajstić information content (AvgIpc) is 2.46. The van der Waals surface area contributed by atoms with Gasteiger partial charge in [-0.25, -0.2) is 0 Å². The van der Waals surface area contributed by atoms with Gasteiger partial charge in [-0.3, -0.25) is 20.2 Å². The van der Waals surface area contributed by atoms with Crippen LogP contribution in [0, 0.1) is 20.2 Å². The summed E-state index contributed by atoms with van der Waals surface area (Å²) in [6, 6.07) is 12.3. The summed E-state index contributed by atoms with van der Waals surface area (Å²) in [4.78, 5) is 20.1. The zero-order chi connectivity index (χ0) is 14.5. The molecule has 2 aromatic carbocycles. The van der Waals surface area contributed by atoms with Crippen LogP contribution in [0.2, 0.25) is 0 Å². The maximum atomic E-state index is 10.5. The van der Waals surface area contributed by atoms with Crippen LogP contribution in [0.25, 0.3) is 12.2 Å². The predicted molar refractivity (Wildman–Crippen MR) is 75.1 cm³/mol. The Balaban J connectivity index is 2.12. The molecule has 0 N–H and O–H groups in total. The van der Waals surface area contributed by atoms with E-state index in [0.29, 0.717) is 0 Å². The molecule has 0 atom stereocenters. The van der Waals surface area contributed by atoms with E-state index in [9.17, 15) is 20.2 Å². The Bertz CT molecular complexity index is 601. The molecule has 0 spiro atoms. The van der Waals surface area contributed by atoms with Crippen LogP contribution in [-0.4, -0.2) is 9.85 Å². The van der Waals surface area contributed by atoms with Gasteiger partial charge in [0.25, 0.3) is 11.4 Å². The molecule has 6 heteroatoms. The molecule has 0 bridgehead atoms. The zero-order valence-corrected chi connectivity index (χ0v) is 10.3. The van der Waals surface area contributed by atoms with Crippen LogP contribution < -0.4 is 0 Å². The van der Waals surface area contributed by atoms with Crippen molar-refractivity contribution in [1.82, 2.24) is 0 Å². The Hall–Kier alpha value is -3.02. The van der Waals surface area contributed by atoms with Gasteiger partial charge in [-0.2, -0.15) is 0 Å². The number of hydrogen-bond donors (Lipinski definition) is 0. The smallest absolute Gasteiger partial charge is 0.258 e. The highest BCUT2D eigenvalue weighted by Gasteiger charge is 2.03. The molecule has 0 heterocycles. The molecule has 0 aliphatic heterocycles. The second-order valence-electron chi connectivity index (χ2n) is 4.03. The number of nitro benzene ring substituents is 2. The molecular formula is C14H10N2O4. The van der Waals surface area contributed by atoms with E-state index >= 15 is 0 Å². The molecule has 2 aromatic rings. The van der Waals surface area contributed by atoms with Crippen molar-refractivity contribution in [2.24, 2.45) is 0 Å². The van der Waals surface area contributed by atoms with Gasteiger partial charge in [-0.1, -0.05) is 12.2 Å². The highest BCUT2D eigenvalue weighted by atomic mass is 16.6. The number of benzene rings is 2. The Morgan fingerprint density at radius 3 is 1.20 bits per heavy atom. The lowest BCUT2D eigenvalue weighted by Gasteiger charge is -1.95. The van der Waals surface area contributed by atoms with Crippen molar-refractivity contribution in [2.45, 2.75) is 0 Å². The van der Waals surface area contributed by atoms with Crippen molar-refractivity contribution >= 4 is 23.5 Å². The normalized spacial score (nSPS) is 10.6. The first-order chi connectivity index (χ1) is 9.56. The van der Waals surface area contributed by atoms with Crippen LogP contribution in [0.5, 0.6) is 0 Å². The molecule has 0 aromatic heterocycles. The molecular weight excluding hydrogens is 260 g/mol. The molecule has 0 amide bonds. The van der Waals surface area contributed by atoms with Crippen molar-refractivity contribution in [2.75, 3.05) is 0 Å². The molecule has 2 rings (SSSR count). The van der Waals surface area contributed by atoms with Gasteiger partial charge in [0.1, 0.15) is 0 Å². The fourth-order valence-corrected chi connectivity index (χ4v) is 1.61. The Morgan fingerprint density at radius 2 is 0.950 bits per heavy atom. The summed E-state index contributed by atoms with van der Waals surface area (Å²) >= 11 is 0. The Kier molecular flexibility index (Phi) is 3.85. The van der Waals surface area contributed by atoms with Gasteiger partial charge < -0.3 is 0 Å². The summed E-state index contributed by atoms with van der Waals surface area (Å²) in [5.41, 5.74) is 1.71. The lowest BCUT2D eigenvalue weighted by molar-refractivity contribution is -0.385. The van der Waals surface area contributed by atoms with Crippen molar-refractivity contribution in [3.05, 3.63) is 79.9 Å². The van der Waals surface area contributed by atoms with E-state index in [0.717, 1.165) is 11.1 Å². The summed E-state index contributed by atoms with van der Waals surface area (Å²) < 4.78 is 0. The third-order valence-electron chi connectivity index (χ3n) is 2.68. The van der Waals surface area contributed by atoms with Crippen molar-refractivity contribution in [3.63, 3.8) is 0 Å². The monoisotopic (exact) mass is 270 g/mol. The Morgan fingerprint density at radius 1 is 0.650 bits per heavy atom. The first kappa shape index (κ1) is 13.4. The molecule has 0 radical (unpaired) electrons. The van der Waals surface area contributed by atoms with Crippen molar-refractivity contribution in [1.29, 1.82) is 0 Å². The molecule has 6 nitrogen and oxygen atoms in total. The minimum Gasteiger partial charge on any atom is -0.258 e. The molecule has 100 valence electrons. The number of nitro groups is 2. The molecule has 0 unspecified atom stereocenters. The van der Waals surface area contributed by atoms with Gasteiger partial charge in [0.15, 0.2) is 0 Å². The van der Waals surface area contributed by atoms with Crippen molar-refractivity contribution < 1.29 is 9.85 Å². The molecule has 0 fully saturated rings. The van der Waals surface area contributed by atoms with E-state index in [-0.39, 0.29) is 11.4 Å². The highest BCUT2D eigenvalue weighted by Crippen LogP contribution is 2.16. The van der Waals surface area contributed by atoms with E-state index in [1.54, 1.807) is 36.4 Å². The van der Waals surface area contributed by atoms with E-state index in [1.807, 2.05) is 0 Å². The van der Waals surface area contributed by atoms with Crippen LogP contribution >= 0.6 is 0 Å². The first-order valence-electron chi connectivity index (χ1n) is 5.73. The maximum Gasteiger partial charge on any atom is 0.269 e. The lowest BCUT2D eigenvalue weighted by Crippen LogP contribution is -1.87. The highest BCUT2D eigenvalue weighted by molar-refractivity contribution is 5.70. The second kappa shape index (κ2) is 5.75. The van der Waals surface area contributed by atoms with Crippen LogP contribution in [0.3, 0.4) is 0 Å². The van der Waals surface area contributed by atoms with Gasteiger partial charge in [-0.15, -0.1) is 0 Å². The van der Waals surface area contributed by atoms with E-state index in [4.69, 9.17) is 0 Å². The largest absolute Gasteiger partial charge is 0.269 e. The van der Waals surface area contributed by atoms with Gasteiger partial charge in [0.2, 0.25) is 0 Å². The topological polar surface area (TPSA) is 86.3 Å². The van der Waals surface area contributed by atoms with E-state index in [1.165, 1.54) is 24.3 Å². The first-order valence-corrected chi connectivity index (χ1v) is 5.73. The number of hydrogen-bond acceptors (Lipinski definition) is 4. The molecule has 0 aliphatic rings. The average molecular weight is 270 g/mol. The second-order valence-corrected chi connectivity index (χ2v) is 4.03. The predicted octanol–water partition coefficient (Wildman–Crippen LogP) is 3.67. The SMILES string of the molecule is O=[N+]([O-])c1ccc(/C=C\c2ccc([N+](=O)[O-])cc2)cc1. The molecule has 0 saturated carbocycles. The molecule has 20 heavy (non-hydrogen) atoms. The standard InChI is InChI=1S/C14H10N2O4/c17-15(18)13-7-3-11(4-8-13)1-2-12-5-9-14(10-6-12)16(19)20/h1-10H/b2-1-. The number of nitrogens with zero attached hydrogens (tertiary/aromatic N) is 2. The number of rotatable bonds is 4. The molecule has 0 aliphatic carbocycles. The van der Waals surface area contributed by atoms with Gasteiger partial charge >= 0.3 is 0 Å². The Labute approximate surface area is 114 Å². The third-order valence-corrected chi connectivity index (χ3v) is 2.68. The van der Waals surface area contributed by atoms with Crippen molar-refractivity contribution in [3.8, 4) is 0 Å². The van der Waals surface area contributed by atoms with Gasteiger partial charge in [-0.05, 0) is 35.4 Å². The minimum absolute atomic E-state index is 0.0393. The van der Waals surface area contributed by atoms with Crippen LogP contribution in [0.15, 0.2) is 48.5 Å². The van der Waals surface area contributed by atoms with E-state index < -0.39 is 9.85 Å². The van der Waals surface area contributed by atoms with Gasteiger partial charge in [0.05, 0.1) is 9.85 Å². The summed E-state index contributed by atoms with van der Waals surface area (Å²) in [7, 11) is 0. The third kappa shape index (κ3) is 3.26. The van der Waals surface area contributed by atoms with Crippen LogP contribution in [0.4, 0.5) is 11.4 Å². The van der Waals surface area contributed by atoms with E-state index in [2.05, 4.69) is 0 Å². The summed E-state index contributed by atoms with van der Waals surface area (Å²) in [6.45, 7) is 0. The fraction of sp³-hybridized carbons (Fsp3) is 0. The summed E-state index contributed by atoms with van der Waals surface area (Å²) in [5.74, 6) is 0. The summed E-state index contributed by atoms with van der Waals surface area (Å²) in [5, 5.41) is 21.0. The molecule has 0 saturated heterocycles. The lowest BCUT2D eigenvalue weighted by atomic mass is 10.1.